The highest BCUT2D eigenvalue weighted by Gasteiger charge is 2.23. The minimum Gasteiger partial charge on any atom is -0.461 e. The van der Waals surface area contributed by atoms with Gasteiger partial charge in [0.05, 0.1) is 12.4 Å². The molecule has 1 fully saturated rings. The first kappa shape index (κ1) is 12.9. The molecule has 0 unspecified atom stereocenters. The van der Waals surface area contributed by atoms with Crippen LogP contribution in [0.3, 0.4) is 0 Å². The molecule has 0 N–H and O–H groups in total. The molecule has 2 aromatic rings. The van der Waals surface area contributed by atoms with Crippen molar-refractivity contribution >= 4 is 5.91 Å². The smallest absolute Gasteiger partial charge is 0.275 e. The van der Waals surface area contributed by atoms with Crippen LogP contribution in [0.5, 0.6) is 0 Å². The van der Waals surface area contributed by atoms with Gasteiger partial charge in [-0.3, -0.25) is 4.79 Å². The summed E-state index contributed by atoms with van der Waals surface area (Å²) in [6.45, 7) is 1.35. The number of likely N-dealkylation sites (N-methyl/N-ethyl adjacent to an activating group) is 1. The van der Waals surface area contributed by atoms with Gasteiger partial charge < -0.3 is 18.6 Å². The predicted octanol–water partition coefficient (Wildman–Crippen LogP) is 2.19. The maximum absolute atomic E-state index is 12.2. The van der Waals surface area contributed by atoms with Crippen molar-refractivity contribution in [1.29, 1.82) is 0 Å². The Morgan fingerprint density at radius 2 is 2.40 bits per heavy atom. The molecule has 1 aliphatic rings. The van der Waals surface area contributed by atoms with E-state index in [0.717, 1.165) is 19.4 Å². The Hall–Kier alpha value is -2.08. The van der Waals surface area contributed by atoms with Crippen LogP contribution in [0.15, 0.2) is 33.4 Å². The zero-order chi connectivity index (χ0) is 13.9. The van der Waals surface area contributed by atoms with Gasteiger partial charge in [-0.25, -0.2) is 0 Å². The van der Waals surface area contributed by atoms with Crippen LogP contribution >= 0.6 is 0 Å². The molecule has 1 aliphatic heterocycles. The van der Waals surface area contributed by atoms with E-state index in [-0.39, 0.29) is 17.7 Å². The molecule has 1 amide bonds. The first-order valence-electron chi connectivity index (χ1n) is 6.61. The molecule has 0 aromatic carbocycles. The molecule has 1 saturated heterocycles. The average Bonchev–Trinajstić information content (AvgIpc) is 3.18. The lowest BCUT2D eigenvalue weighted by Gasteiger charge is -2.19. The van der Waals surface area contributed by atoms with Crippen LogP contribution in [0.4, 0.5) is 0 Å². The molecule has 20 heavy (non-hydrogen) atoms. The molecule has 0 spiro atoms. The molecule has 6 heteroatoms. The Kier molecular flexibility index (Phi) is 3.56. The highest BCUT2D eigenvalue weighted by molar-refractivity contribution is 5.92. The third-order valence-corrected chi connectivity index (χ3v) is 3.34. The normalized spacial score (nSPS) is 18.4. The SMILES string of the molecule is CN(C[C@@H]1CCCO1)C(=O)c1cc(-c2ccco2)on1. The van der Waals surface area contributed by atoms with E-state index in [1.165, 1.54) is 0 Å². The van der Waals surface area contributed by atoms with Gasteiger partial charge >= 0.3 is 0 Å². The summed E-state index contributed by atoms with van der Waals surface area (Å²) in [6.07, 6.45) is 3.72. The lowest BCUT2D eigenvalue weighted by atomic mass is 10.2. The molecule has 0 radical (unpaired) electrons. The maximum Gasteiger partial charge on any atom is 0.275 e. The summed E-state index contributed by atoms with van der Waals surface area (Å²) in [5.74, 6) is 0.823. The number of aromatic nitrogens is 1. The van der Waals surface area contributed by atoms with E-state index in [1.807, 2.05) is 0 Å². The van der Waals surface area contributed by atoms with Crippen LogP contribution in [-0.4, -0.2) is 42.3 Å². The number of hydrogen-bond acceptors (Lipinski definition) is 5. The van der Waals surface area contributed by atoms with Gasteiger partial charge in [0.15, 0.2) is 11.5 Å². The Bertz CT molecular complexity index is 570. The predicted molar refractivity (Wildman–Crippen MR) is 70.1 cm³/mol. The quantitative estimate of drug-likeness (QED) is 0.856. The first-order chi connectivity index (χ1) is 9.74. The third kappa shape index (κ3) is 2.60. The van der Waals surface area contributed by atoms with E-state index in [0.29, 0.717) is 18.1 Å². The topological polar surface area (TPSA) is 68.7 Å². The van der Waals surface area contributed by atoms with Crippen LogP contribution in [0, 0.1) is 0 Å². The van der Waals surface area contributed by atoms with Crippen LogP contribution < -0.4 is 0 Å². The summed E-state index contributed by atoms with van der Waals surface area (Å²) in [5.41, 5.74) is 0.275. The summed E-state index contributed by atoms with van der Waals surface area (Å²) in [4.78, 5) is 13.8. The Morgan fingerprint density at radius 1 is 1.50 bits per heavy atom. The lowest BCUT2D eigenvalue weighted by Crippen LogP contribution is -2.34. The van der Waals surface area contributed by atoms with Crippen molar-refractivity contribution in [2.75, 3.05) is 20.2 Å². The zero-order valence-corrected chi connectivity index (χ0v) is 11.2. The van der Waals surface area contributed by atoms with Gasteiger partial charge in [0.1, 0.15) is 0 Å². The van der Waals surface area contributed by atoms with Crippen molar-refractivity contribution in [3.8, 4) is 11.5 Å². The Labute approximate surface area is 116 Å². The van der Waals surface area contributed by atoms with Crippen molar-refractivity contribution in [3.63, 3.8) is 0 Å². The first-order valence-corrected chi connectivity index (χ1v) is 6.61. The highest BCUT2D eigenvalue weighted by atomic mass is 16.5. The van der Waals surface area contributed by atoms with Crippen LogP contribution in [0.25, 0.3) is 11.5 Å². The van der Waals surface area contributed by atoms with Crippen LogP contribution in [0.2, 0.25) is 0 Å². The number of rotatable bonds is 4. The molecule has 106 valence electrons. The summed E-state index contributed by atoms with van der Waals surface area (Å²) in [7, 11) is 1.74. The molecule has 2 aromatic heterocycles. The van der Waals surface area contributed by atoms with E-state index in [1.54, 1.807) is 36.4 Å². The summed E-state index contributed by atoms with van der Waals surface area (Å²) >= 11 is 0. The van der Waals surface area contributed by atoms with E-state index in [9.17, 15) is 4.79 Å². The molecule has 3 rings (SSSR count). The zero-order valence-electron chi connectivity index (χ0n) is 11.2. The van der Waals surface area contributed by atoms with E-state index in [4.69, 9.17) is 13.7 Å². The standard InChI is InChI=1S/C14H16N2O4/c1-16(9-10-4-2-6-18-10)14(17)11-8-13(20-15-11)12-5-3-7-19-12/h3,5,7-8,10H,2,4,6,9H2,1H3/t10-/m0/s1. The lowest BCUT2D eigenvalue weighted by molar-refractivity contribution is 0.0579. The number of carbonyl (C=O) groups is 1. The fraction of sp³-hybridized carbons (Fsp3) is 0.429. The maximum atomic E-state index is 12.2. The van der Waals surface area contributed by atoms with Crippen molar-refractivity contribution in [3.05, 3.63) is 30.2 Å². The van der Waals surface area contributed by atoms with Gasteiger partial charge in [-0.15, -0.1) is 0 Å². The molecule has 1 atom stereocenters. The highest BCUT2D eigenvalue weighted by Crippen LogP contribution is 2.21. The number of amides is 1. The van der Waals surface area contributed by atoms with Gasteiger partial charge in [-0.05, 0) is 25.0 Å². The minimum absolute atomic E-state index is 0.125. The second-order valence-corrected chi connectivity index (χ2v) is 4.87. The molecule has 0 aliphatic carbocycles. The molecular weight excluding hydrogens is 260 g/mol. The van der Waals surface area contributed by atoms with E-state index >= 15 is 0 Å². The average molecular weight is 276 g/mol. The Balaban J connectivity index is 1.67. The number of ether oxygens (including phenoxy) is 1. The van der Waals surface area contributed by atoms with Crippen molar-refractivity contribution < 1.29 is 18.5 Å². The molecular formula is C14H16N2O4. The fourth-order valence-electron chi connectivity index (χ4n) is 2.28. The Morgan fingerprint density at radius 3 is 3.10 bits per heavy atom. The molecule has 3 heterocycles. The summed E-state index contributed by atoms with van der Waals surface area (Å²) < 4.78 is 15.9. The van der Waals surface area contributed by atoms with Gasteiger partial charge in [-0.1, -0.05) is 5.16 Å². The molecule has 6 nitrogen and oxygen atoms in total. The second-order valence-electron chi connectivity index (χ2n) is 4.87. The van der Waals surface area contributed by atoms with Crippen LogP contribution in [0.1, 0.15) is 23.3 Å². The summed E-state index contributed by atoms with van der Waals surface area (Å²) in [5, 5.41) is 3.80. The third-order valence-electron chi connectivity index (χ3n) is 3.34. The monoisotopic (exact) mass is 276 g/mol. The number of hydrogen-bond donors (Lipinski definition) is 0. The molecule has 0 bridgehead atoms. The number of carbonyl (C=O) groups excluding carboxylic acids is 1. The van der Waals surface area contributed by atoms with Gasteiger partial charge in [0, 0.05) is 26.3 Å². The second kappa shape index (κ2) is 5.50. The van der Waals surface area contributed by atoms with E-state index in [2.05, 4.69) is 5.16 Å². The largest absolute Gasteiger partial charge is 0.461 e. The minimum atomic E-state index is -0.179. The van der Waals surface area contributed by atoms with Gasteiger partial charge in [-0.2, -0.15) is 0 Å². The number of furan rings is 1. The van der Waals surface area contributed by atoms with E-state index < -0.39 is 0 Å². The molecule has 0 saturated carbocycles. The van der Waals surface area contributed by atoms with Gasteiger partial charge in [0.2, 0.25) is 5.76 Å². The van der Waals surface area contributed by atoms with Crippen molar-refractivity contribution in [1.82, 2.24) is 10.1 Å². The van der Waals surface area contributed by atoms with Crippen molar-refractivity contribution in [2.45, 2.75) is 18.9 Å². The summed E-state index contributed by atoms with van der Waals surface area (Å²) in [6, 6.07) is 5.10. The fourth-order valence-corrected chi connectivity index (χ4v) is 2.28. The number of nitrogens with zero attached hydrogens (tertiary/aromatic N) is 2. The van der Waals surface area contributed by atoms with Gasteiger partial charge in [0.25, 0.3) is 5.91 Å². The van der Waals surface area contributed by atoms with Crippen molar-refractivity contribution in [2.24, 2.45) is 0 Å². The van der Waals surface area contributed by atoms with Crippen LogP contribution in [-0.2, 0) is 4.74 Å².